The van der Waals surface area contributed by atoms with Crippen LogP contribution in [0.5, 0.6) is 0 Å². The van der Waals surface area contributed by atoms with Gasteiger partial charge >= 0.3 is 25.7 Å². The van der Waals surface area contributed by atoms with Gasteiger partial charge in [-0.2, -0.15) is 0 Å². The Morgan fingerprint density at radius 3 is 1.00 bits per heavy atom. The summed E-state index contributed by atoms with van der Waals surface area (Å²) in [5, 5.41) is 9.86. The van der Waals surface area contributed by atoms with E-state index in [1.807, 2.05) is 0 Å². The molecule has 0 aromatic rings. The van der Waals surface area contributed by atoms with Crippen molar-refractivity contribution >= 4 is 25.7 Å². The predicted molar refractivity (Wildman–Crippen MR) is 334 cm³/mol. The van der Waals surface area contributed by atoms with Gasteiger partial charge in [0.05, 0.1) is 19.8 Å². The molecule has 0 aliphatic rings. The molecule has 0 rings (SSSR count). The van der Waals surface area contributed by atoms with Gasteiger partial charge in [-0.15, -0.1) is 0 Å². The molecule has 0 bridgehead atoms. The maximum absolute atomic E-state index is 13.0. The number of allylic oxidation sites excluding steroid dienone is 14. The third-order valence-corrected chi connectivity index (χ3v) is 14.8. The molecule has 0 aromatic heterocycles. The normalized spacial score (nSPS) is 13.8. The molecule has 0 aliphatic heterocycles. The molecule has 0 amide bonds. The van der Waals surface area contributed by atoms with Crippen LogP contribution in [0.2, 0.25) is 0 Å². The van der Waals surface area contributed by atoms with Crippen molar-refractivity contribution in [2.45, 2.75) is 303 Å². The summed E-state index contributed by atoms with van der Waals surface area (Å²) >= 11 is 0. The number of phosphoric ester groups is 1. The predicted octanol–water partition coefficient (Wildman–Crippen LogP) is 19.8. The third kappa shape index (κ3) is 59.3. The zero-order valence-corrected chi connectivity index (χ0v) is 52.2. The van der Waals surface area contributed by atoms with Gasteiger partial charge in [0.2, 0.25) is 0 Å². The quantitative estimate of drug-likeness (QED) is 0.0197. The van der Waals surface area contributed by atoms with Crippen molar-refractivity contribution in [1.29, 1.82) is 0 Å². The van der Waals surface area contributed by atoms with E-state index < -0.39 is 57.8 Å². The fourth-order valence-electron chi connectivity index (χ4n) is 8.95. The fourth-order valence-corrected chi connectivity index (χ4v) is 9.74. The summed E-state index contributed by atoms with van der Waals surface area (Å²) in [6.45, 7) is 4.44. The van der Waals surface area contributed by atoms with Crippen LogP contribution in [0, 0.1) is 0 Å². The van der Waals surface area contributed by atoms with Crippen LogP contribution in [0.25, 0.3) is 0 Å². The third-order valence-electron chi connectivity index (χ3n) is 13.8. The molecule has 12 heteroatoms. The second-order valence-corrected chi connectivity index (χ2v) is 23.0. The first-order valence-corrected chi connectivity index (χ1v) is 34.0. The zero-order chi connectivity index (χ0) is 58.3. The summed E-state index contributed by atoms with van der Waals surface area (Å²) in [4.78, 5) is 48.8. The second-order valence-electron chi connectivity index (χ2n) is 21.5. The lowest BCUT2D eigenvalue weighted by Crippen LogP contribution is -2.30. The zero-order valence-electron chi connectivity index (χ0n) is 51.3. The van der Waals surface area contributed by atoms with Crippen molar-refractivity contribution in [1.82, 2.24) is 0 Å². The van der Waals surface area contributed by atoms with Crippen molar-refractivity contribution in [3.8, 4) is 0 Å². The number of aliphatic hydroxyl groups excluding tert-OH is 1. The van der Waals surface area contributed by atoms with Crippen LogP contribution in [0.4, 0.5) is 0 Å². The second kappa shape index (κ2) is 61.7. The topological polar surface area (TPSA) is 155 Å². The van der Waals surface area contributed by atoms with Gasteiger partial charge < -0.3 is 24.2 Å². The first kappa shape index (κ1) is 76.7. The molecule has 0 radical (unpaired) electrons. The Labute approximate surface area is 490 Å². The van der Waals surface area contributed by atoms with Gasteiger partial charge in [-0.05, 0) is 89.9 Å². The highest BCUT2D eigenvalue weighted by molar-refractivity contribution is 7.47. The van der Waals surface area contributed by atoms with Crippen molar-refractivity contribution in [3.05, 3.63) is 85.1 Å². The van der Waals surface area contributed by atoms with E-state index in [1.54, 1.807) is 0 Å². The maximum atomic E-state index is 13.0. The van der Waals surface area contributed by atoms with E-state index in [2.05, 4.69) is 106 Å². The number of carbonyl (C=O) groups is 3. The van der Waals surface area contributed by atoms with Crippen molar-refractivity contribution in [2.75, 3.05) is 26.4 Å². The largest absolute Gasteiger partial charge is 0.472 e. The smallest absolute Gasteiger partial charge is 0.462 e. The van der Waals surface area contributed by atoms with Crippen LogP contribution in [-0.4, -0.2) is 66.5 Å². The first-order valence-electron chi connectivity index (χ1n) is 32.5. The van der Waals surface area contributed by atoms with Crippen LogP contribution in [0.15, 0.2) is 85.1 Å². The minimum Gasteiger partial charge on any atom is -0.462 e. The Morgan fingerprint density at radius 1 is 0.362 bits per heavy atom. The molecular formula is C68H119O11P. The Kier molecular flexibility index (Phi) is 59.1. The monoisotopic (exact) mass is 1140 g/mol. The lowest BCUT2D eigenvalue weighted by molar-refractivity contribution is -0.161. The Balaban J connectivity index is 4.72. The molecule has 0 spiro atoms. The van der Waals surface area contributed by atoms with E-state index in [0.29, 0.717) is 19.3 Å². The molecule has 0 saturated heterocycles. The van der Waals surface area contributed by atoms with Crippen molar-refractivity contribution < 1.29 is 52.2 Å². The lowest BCUT2D eigenvalue weighted by Gasteiger charge is -2.21. The number of hydrogen-bond acceptors (Lipinski definition) is 10. The highest BCUT2D eigenvalue weighted by Crippen LogP contribution is 2.43. The number of carbonyl (C=O) groups excluding carboxylic acids is 3. The Hall–Kier alpha value is -3.34. The number of phosphoric acid groups is 1. The standard InChI is InChI=1S/C68H119O11P/c1-4-7-10-13-16-19-22-25-28-31-32-35-38-41-44-47-50-53-56-59-68(72)79-65(61-75-66(70)57-54-51-48-45-42-39-36-33-29-26-23-20-17-14-11-8-5-2)63-77-80(73,74)76-62-64(60-69)78-67(71)58-55-52-49-46-43-40-37-34-30-27-24-21-18-15-12-9-6-3/h7-8,10-11,16-17,19-20,25-26,28-29,32,35,64-65,69H,4-6,9,12-15,18,21-24,27,30-31,33-34,36-63H2,1-3H3,(H,73,74)/b10-7-,11-8-,19-16-,20-17-,28-25-,29-26-,35-32-. The van der Waals surface area contributed by atoms with E-state index >= 15 is 0 Å². The van der Waals surface area contributed by atoms with Crippen molar-refractivity contribution in [3.63, 3.8) is 0 Å². The maximum Gasteiger partial charge on any atom is 0.472 e. The highest BCUT2D eigenvalue weighted by Gasteiger charge is 2.28. The lowest BCUT2D eigenvalue weighted by atomic mass is 10.0. The number of ether oxygens (including phenoxy) is 3. The van der Waals surface area contributed by atoms with E-state index in [4.69, 9.17) is 23.3 Å². The van der Waals surface area contributed by atoms with Gasteiger partial charge in [0, 0.05) is 19.3 Å². The van der Waals surface area contributed by atoms with Gasteiger partial charge in [0.1, 0.15) is 12.7 Å². The number of aliphatic hydroxyl groups is 1. The van der Waals surface area contributed by atoms with E-state index in [1.165, 1.54) is 96.3 Å². The number of rotatable bonds is 60. The Bertz CT molecular complexity index is 1670. The summed E-state index contributed by atoms with van der Waals surface area (Å²) in [5.74, 6) is -1.48. The van der Waals surface area contributed by atoms with Crippen LogP contribution in [0.1, 0.15) is 290 Å². The van der Waals surface area contributed by atoms with Crippen LogP contribution in [-0.2, 0) is 42.2 Å². The van der Waals surface area contributed by atoms with Gasteiger partial charge in [-0.25, -0.2) is 4.57 Å². The fraction of sp³-hybridized carbons (Fsp3) is 0.750. The molecule has 0 heterocycles. The summed E-state index contributed by atoms with van der Waals surface area (Å²) < 4.78 is 39.7. The van der Waals surface area contributed by atoms with Crippen LogP contribution < -0.4 is 0 Å². The molecule has 0 fully saturated rings. The summed E-state index contributed by atoms with van der Waals surface area (Å²) in [7, 11) is -4.76. The van der Waals surface area contributed by atoms with E-state index in [9.17, 15) is 28.9 Å². The summed E-state index contributed by atoms with van der Waals surface area (Å²) in [6.07, 6.45) is 72.4. The molecule has 80 heavy (non-hydrogen) atoms. The highest BCUT2D eigenvalue weighted by atomic mass is 31.2. The average Bonchev–Trinajstić information content (AvgIpc) is 3.45. The van der Waals surface area contributed by atoms with Gasteiger partial charge in [-0.1, -0.05) is 266 Å². The number of esters is 3. The molecule has 0 saturated carbocycles. The number of hydrogen-bond donors (Lipinski definition) is 2. The molecule has 0 aliphatic carbocycles. The minimum absolute atomic E-state index is 0.147. The van der Waals surface area contributed by atoms with Gasteiger partial charge in [0.15, 0.2) is 6.10 Å². The molecule has 3 atom stereocenters. The van der Waals surface area contributed by atoms with E-state index in [-0.39, 0.29) is 25.9 Å². The summed E-state index contributed by atoms with van der Waals surface area (Å²) in [6, 6.07) is 0. The molecule has 0 aromatic carbocycles. The summed E-state index contributed by atoms with van der Waals surface area (Å²) in [5.41, 5.74) is 0. The average molecular weight is 1140 g/mol. The van der Waals surface area contributed by atoms with Crippen LogP contribution >= 0.6 is 7.82 Å². The van der Waals surface area contributed by atoms with E-state index in [0.717, 1.165) is 135 Å². The molecule has 462 valence electrons. The molecule has 2 N–H and O–H groups in total. The van der Waals surface area contributed by atoms with Gasteiger partial charge in [0.25, 0.3) is 0 Å². The molecule has 3 unspecified atom stereocenters. The number of unbranched alkanes of at least 4 members (excludes halogenated alkanes) is 29. The molecule has 11 nitrogen and oxygen atoms in total. The first-order chi connectivity index (χ1) is 39.2. The van der Waals surface area contributed by atoms with Gasteiger partial charge in [-0.3, -0.25) is 23.4 Å². The van der Waals surface area contributed by atoms with Crippen molar-refractivity contribution in [2.24, 2.45) is 0 Å². The SMILES string of the molecule is CC/C=C\C/C=C\C/C=C\C/C=C\CCCCCCCCC(=O)OC(COC(=O)CCCCCCCCC/C=C\C/C=C\C/C=C\CC)COP(=O)(O)OCC(CO)OC(=O)CCCCCCCCCCCCCCCCCCC. The van der Waals surface area contributed by atoms with Crippen LogP contribution in [0.3, 0.4) is 0 Å². The molecular weight excluding hydrogens is 1020 g/mol. The minimum atomic E-state index is -4.76. The Morgan fingerprint density at radius 2 is 0.650 bits per heavy atom.